The first-order chi connectivity index (χ1) is 10.2. The molecule has 21 heavy (non-hydrogen) atoms. The summed E-state index contributed by atoms with van der Waals surface area (Å²) in [6.45, 7) is 2.00. The molecular formula is C16H9ClN4. The Balaban J connectivity index is 2.30. The van der Waals surface area contributed by atoms with Crippen molar-refractivity contribution < 1.29 is 0 Å². The van der Waals surface area contributed by atoms with Crippen molar-refractivity contribution >= 4 is 39.3 Å². The topological polar surface area (TPSA) is 54.0 Å². The fourth-order valence-electron chi connectivity index (χ4n) is 2.58. The zero-order valence-corrected chi connectivity index (χ0v) is 11.9. The summed E-state index contributed by atoms with van der Waals surface area (Å²) in [6.07, 6.45) is 1.77. The number of pyridine rings is 2. The number of halogens is 1. The Kier molecular flexibility index (Phi) is 2.41. The molecule has 4 rings (SSSR count). The highest BCUT2D eigenvalue weighted by molar-refractivity contribution is 6.30. The summed E-state index contributed by atoms with van der Waals surface area (Å²) in [4.78, 5) is 9.19. The van der Waals surface area contributed by atoms with Crippen LogP contribution in [0.4, 0.5) is 0 Å². The van der Waals surface area contributed by atoms with Crippen molar-refractivity contribution in [2.75, 3.05) is 0 Å². The van der Waals surface area contributed by atoms with Crippen molar-refractivity contribution in [1.82, 2.24) is 14.4 Å². The maximum atomic E-state index is 9.53. The summed E-state index contributed by atoms with van der Waals surface area (Å²) in [5.41, 5.74) is 4.43. The number of rotatable bonds is 0. The van der Waals surface area contributed by atoms with E-state index >= 15 is 0 Å². The molecule has 0 unspecified atom stereocenters. The zero-order chi connectivity index (χ0) is 14.6. The summed E-state index contributed by atoms with van der Waals surface area (Å²) < 4.78 is 1.82. The van der Waals surface area contributed by atoms with Crippen LogP contribution in [0, 0.1) is 18.3 Å². The van der Waals surface area contributed by atoms with Gasteiger partial charge in [-0.15, -0.1) is 0 Å². The maximum Gasteiger partial charge on any atom is 0.166 e. The van der Waals surface area contributed by atoms with Crippen LogP contribution >= 0.6 is 11.6 Å². The average molecular weight is 293 g/mol. The van der Waals surface area contributed by atoms with Gasteiger partial charge in [-0.25, -0.2) is 9.97 Å². The number of hydrogen-bond donors (Lipinski definition) is 0. The van der Waals surface area contributed by atoms with Crippen molar-refractivity contribution in [3.05, 3.63) is 52.7 Å². The minimum atomic E-state index is 0.551. The molecule has 1 aromatic carbocycles. The van der Waals surface area contributed by atoms with Crippen molar-refractivity contribution in [1.29, 1.82) is 5.26 Å². The molecule has 0 amide bonds. The molecule has 0 atom stereocenters. The average Bonchev–Trinajstić information content (AvgIpc) is 2.82. The van der Waals surface area contributed by atoms with E-state index in [-0.39, 0.29) is 0 Å². The van der Waals surface area contributed by atoms with Crippen LogP contribution in [-0.2, 0) is 0 Å². The van der Waals surface area contributed by atoms with Crippen molar-refractivity contribution in [2.24, 2.45) is 0 Å². The number of nitrogens with zero attached hydrogens (tertiary/aromatic N) is 4. The zero-order valence-electron chi connectivity index (χ0n) is 11.1. The van der Waals surface area contributed by atoms with E-state index in [0.29, 0.717) is 21.7 Å². The predicted molar refractivity (Wildman–Crippen MR) is 82.5 cm³/mol. The van der Waals surface area contributed by atoms with Gasteiger partial charge in [-0.05, 0) is 30.7 Å². The Morgan fingerprint density at radius 1 is 1.19 bits per heavy atom. The molecule has 0 fully saturated rings. The molecule has 0 spiro atoms. The monoisotopic (exact) mass is 292 g/mol. The minimum Gasteiger partial charge on any atom is -0.283 e. The molecule has 0 radical (unpaired) electrons. The van der Waals surface area contributed by atoms with Gasteiger partial charge in [-0.3, -0.25) is 4.40 Å². The van der Waals surface area contributed by atoms with Gasteiger partial charge in [0.25, 0.3) is 0 Å². The van der Waals surface area contributed by atoms with Crippen LogP contribution in [0.2, 0.25) is 5.02 Å². The molecule has 0 aliphatic rings. The van der Waals surface area contributed by atoms with E-state index in [2.05, 4.69) is 16.0 Å². The van der Waals surface area contributed by atoms with Gasteiger partial charge in [0.2, 0.25) is 0 Å². The molecule has 3 aromatic heterocycles. The van der Waals surface area contributed by atoms with Crippen molar-refractivity contribution in [3.8, 4) is 6.07 Å². The molecule has 0 N–H and O–H groups in total. The Morgan fingerprint density at radius 2 is 2.05 bits per heavy atom. The van der Waals surface area contributed by atoms with Gasteiger partial charge in [-0.2, -0.15) is 5.26 Å². The second-order valence-electron chi connectivity index (χ2n) is 4.98. The normalized spacial score (nSPS) is 11.3. The SMILES string of the molecule is Cc1ccc2c(C#N)c3nc4ccc(Cl)cn4c3nc2c1. The van der Waals surface area contributed by atoms with Crippen LogP contribution in [0.15, 0.2) is 36.5 Å². The quantitative estimate of drug-likeness (QED) is 0.494. The molecular weight excluding hydrogens is 284 g/mol. The third-order valence-corrected chi connectivity index (χ3v) is 3.78. The van der Waals surface area contributed by atoms with Crippen molar-refractivity contribution in [3.63, 3.8) is 0 Å². The Hall–Kier alpha value is -2.64. The molecule has 0 aliphatic carbocycles. The van der Waals surface area contributed by atoms with E-state index in [9.17, 15) is 5.26 Å². The highest BCUT2D eigenvalue weighted by atomic mass is 35.5. The second kappa shape index (κ2) is 4.18. The van der Waals surface area contributed by atoms with Crippen LogP contribution in [-0.4, -0.2) is 14.4 Å². The third kappa shape index (κ3) is 1.68. The van der Waals surface area contributed by atoms with Crippen molar-refractivity contribution in [2.45, 2.75) is 6.92 Å². The van der Waals surface area contributed by atoms with Gasteiger partial charge in [-0.1, -0.05) is 23.7 Å². The Morgan fingerprint density at radius 3 is 2.86 bits per heavy atom. The van der Waals surface area contributed by atoms with E-state index in [1.165, 1.54) is 0 Å². The van der Waals surface area contributed by atoms with E-state index in [4.69, 9.17) is 11.6 Å². The number of benzene rings is 1. The first-order valence-electron chi connectivity index (χ1n) is 6.45. The Bertz CT molecular complexity index is 1070. The molecule has 5 heteroatoms. The largest absolute Gasteiger partial charge is 0.283 e. The molecule has 0 bridgehead atoms. The number of hydrogen-bond acceptors (Lipinski definition) is 3. The smallest absolute Gasteiger partial charge is 0.166 e. The summed E-state index contributed by atoms with van der Waals surface area (Å²) in [7, 11) is 0. The van der Waals surface area contributed by atoms with Crippen LogP contribution < -0.4 is 0 Å². The summed E-state index contributed by atoms with van der Waals surface area (Å²) in [6, 6.07) is 11.7. The van der Waals surface area contributed by atoms with E-state index in [1.807, 2.05) is 35.6 Å². The molecule has 3 heterocycles. The number of nitriles is 1. The molecule has 4 aromatic rings. The Labute approximate surface area is 125 Å². The second-order valence-corrected chi connectivity index (χ2v) is 5.42. The lowest BCUT2D eigenvalue weighted by Gasteiger charge is -2.02. The summed E-state index contributed by atoms with van der Waals surface area (Å²) in [5, 5.41) is 11.0. The predicted octanol–water partition coefficient (Wildman–Crippen LogP) is 3.87. The van der Waals surface area contributed by atoms with Gasteiger partial charge < -0.3 is 0 Å². The third-order valence-electron chi connectivity index (χ3n) is 3.55. The fourth-order valence-corrected chi connectivity index (χ4v) is 2.74. The highest BCUT2D eigenvalue weighted by Crippen LogP contribution is 2.27. The molecule has 4 nitrogen and oxygen atoms in total. The molecule has 0 aliphatic heterocycles. The van der Waals surface area contributed by atoms with Crippen LogP contribution in [0.5, 0.6) is 0 Å². The van der Waals surface area contributed by atoms with Gasteiger partial charge in [0, 0.05) is 11.6 Å². The van der Waals surface area contributed by atoms with Gasteiger partial charge in [0.05, 0.1) is 16.1 Å². The first-order valence-corrected chi connectivity index (χ1v) is 6.83. The molecule has 0 saturated heterocycles. The number of aromatic nitrogens is 3. The summed E-state index contributed by atoms with van der Waals surface area (Å²) >= 11 is 6.05. The van der Waals surface area contributed by atoms with E-state index in [0.717, 1.165) is 22.1 Å². The summed E-state index contributed by atoms with van der Waals surface area (Å²) in [5.74, 6) is 0. The van der Waals surface area contributed by atoms with E-state index < -0.39 is 0 Å². The lowest BCUT2D eigenvalue weighted by molar-refractivity contribution is 1.19. The molecule has 100 valence electrons. The van der Waals surface area contributed by atoms with Gasteiger partial charge >= 0.3 is 0 Å². The number of fused-ring (bicyclic) bond motifs is 4. The van der Waals surface area contributed by atoms with Crippen LogP contribution in [0.3, 0.4) is 0 Å². The first kappa shape index (κ1) is 12.1. The highest BCUT2D eigenvalue weighted by Gasteiger charge is 2.14. The van der Waals surface area contributed by atoms with E-state index in [1.54, 1.807) is 12.3 Å². The van der Waals surface area contributed by atoms with Gasteiger partial charge in [0.1, 0.15) is 17.2 Å². The van der Waals surface area contributed by atoms with Crippen LogP contribution in [0.1, 0.15) is 11.1 Å². The van der Waals surface area contributed by atoms with Gasteiger partial charge in [0.15, 0.2) is 5.65 Å². The van der Waals surface area contributed by atoms with Crippen LogP contribution in [0.25, 0.3) is 27.7 Å². The lowest BCUT2D eigenvalue weighted by atomic mass is 10.1. The standard InChI is InChI=1S/C16H9ClN4/c1-9-2-4-11-12(7-18)15-16(19-13(11)6-9)21-8-10(17)3-5-14(21)20-15/h2-6,8H,1H3. The minimum absolute atomic E-state index is 0.551. The number of imidazole rings is 1. The maximum absolute atomic E-state index is 9.53. The number of aryl methyl sites for hydroxylation is 1. The fraction of sp³-hybridized carbons (Fsp3) is 0.0625. The lowest BCUT2D eigenvalue weighted by Crippen LogP contribution is -1.91. The molecule has 0 saturated carbocycles.